The smallest absolute Gasteiger partial charge is 0.326 e. The van der Waals surface area contributed by atoms with Crippen LogP contribution >= 0.6 is 0 Å². The van der Waals surface area contributed by atoms with Crippen molar-refractivity contribution >= 4 is 59.3 Å². The molecular formula is C40H62N8O14. The second-order valence-electron chi connectivity index (χ2n) is 15.9. The number of carbonyl (C=O) groups excluding carboxylic acids is 7. The molecule has 22 heteroatoms. The Balaban J connectivity index is 3.07. The molecule has 0 fully saturated rings. The van der Waals surface area contributed by atoms with Crippen LogP contribution in [0.15, 0.2) is 30.3 Å². The predicted octanol–water partition coefficient (Wildman–Crippen LogP) is -2.13. The molecule has 22 nitrogen and oxygen atoms in total. The number of primary amides is 1. The molecule has 0 aliphatic carbocycles. The topological polar surface area (TPSA) is 376 Å². The first-order chi connectivity index (χ1) is 28.8. The number of carbonyl (C=O) groups is 10. The molecule has 0 radical (unpaired) electrons. The average Bonchev–Trinajstić information content (AvgIpc) is 3.16. The Kier molecular flexibility index (Phi) is 22.8. The zero-order valence-electron chi connectivity index (χ0n) is 35.7. The van der Waals surface area contributed by atoms with Gasteiger partial charge in [0.15, 0.2) is 0 Å². The minimum atomic E-state index is -1.59. The molecule has 0 unspecified atom stereocenters. The molecule has 0 spiro atoms. The summed E-state index contributed by atoms with van der Waals surface area (Å²) in [6, 6.07) is -1.25. The van der Waals surface area contributed by atoms with E-state index >= 15 is 0 Å². The third kappa shape index (κ3) is 19.9. The Morgan fingerprint density at radius 3 is 1.69 bits per heavy atom. The maximum absolute atomic E-state index is 13.6. The van der Waals surface area contributed by atoms with Gasteiger partial charge >= 0.3 is 17.9 Å². The van der Waals surface area contributed by atoms with Crippen LogP contribution < -0.4 is 43.4 Å². The first-order valence-corrected chi connectivity index (χ1v) is 20.1. The highest BCUT2D eigenvalue weighted by Gasteiger charge is 2.35. The molecule has 0 saturated heterocycles. The molecule has 62 heavy (non-hydrogen) atoms. The van der Waals surface area contributed by atoms with Crippen LogP contribution in [0, 0.1) is 17.8 Å². The summed E-state index contributed by atoms with van der Waals surface area (Å²) >= 11 is 0. The van der Waals surface area contributed by atoms with Crippen molar-refractivity contribution in [2.45, 2.75) is 135 Å². The summed E-state index contributed by atoms with van der Waals surface area (Å²) in [5.41, 5.74) is 11.6. The molecule has 0 aliphatic rings. The highest BCUT2D eigenvalue weighted by molar-refractivity contribution is 5.96. The van der Waals surface area contributed by atoms with E-state index in [4.69, 9.17) is 16.6 Å². The molecule has 0 saturated carbocycles. The number of rotatable bonds is 28. The lowest BCUT2D eigenvalue weighted by molar-refractivity contribution is -0.143. The van der Waals surface area contributed by atoms with Crippen LogP contribution in [-0.2, 0) is 54.4 Å². The molecular weight excluding hydrogens is 816 g/mol. The van der Waals surface area contributed by atoms with E-state index in [2.05, 4.69) is 31.9 Å². The van der Waals surface area contributed by atoms with Crippen molar-refractivity contribution in [2.75, 3.05) is 0 Å². The quantitative estimate of drug-likeness (QED) is 0.0428. The number of amides is 7. The summed E-state index contributed by atoms with van der Waals surface area (Å²) in [4.78, 5) is 125. The molecule has 7 amide bonds. The van der Waals surface area contributed by atoms with Crippen molar-refractivity contribution in [3.8, 4) is 0 Å². The van der Waals surface area contributed by atoms with Crippen LogP contribution in [0.2, 0.25) is 0 Å². The minimum Gasteiger partial charge on any atom is -0.481 e. The van der Waals surface area contributed by atoms with Crippen LogP contribution in [0.3, 0.4) is 0 Å². The second-order valence-corrected chi connectivity index (χ2v) is 15.9. The monoisotopic (exact) mass is 878 g/mol. The van der Waals surface area contributed by atoms with Crippen molar-refractivity contribution in [1.29, 1.82) is 0 Å². The summed E-state index contributed by atoms with van der Waals surface area (Å²) in [5.74, 6) is -12.1. The van der Waals surface area contributed by atoms with Gasteiger partial charge in [-0.2, -0.15) is 0 Å². The SMILES string of the molecule is CC(C)C[C@H](NC(=O)[C@H](CC(N)=O)NC(=O)[C@@H](NC(=O)[C@@H](N)CC(=O)O)C(C)C)[C@@H](O)C[C@@H](C)C(=O)N[C@@H](C)C(=O)N[C@@H](CCC(=O)O)C(=O)N[C@@H](Cc1ccccc1)C(=O)O. The van der Waals surface area contributed by atoms with Crippen molar-refractivity contribution in [2.24, 2.45) is 29.2 Å². The fourth-order valence-corrected chi connectivity index (χ4v) is 6.06. The molecule has 0 aromatic heterocycles. The molecule has 1 aromatic rings. The normalized spacial score (nSPS) is 15.5. The minimum absolute atomic E-state index is 0.0989. The van der Waals surface area contributed by atoms with E-state index in [1.54, 1.807) is 58.0 Å². The van der Waals surface area contributed by atoms with Gasteiger partial charge in [-0.3, -0.25) is 43.2 Å². The lowest BCUT2D eigenvalue weighted by atomic mass is 9.92. The summed E-state index contributed by atoms with van der Waals surface area (Å²) in [5, 5.41) is 53.7. The van der Waals surface area contributed by atoms with Gasteiger partial charge in [0.25, 0.3) is 0 Å². The first kappa shape index (κ1) is 53.9. The van der Waals surface area contributed by atoms with E-state index in [-0.39, 0.29) is 25.2 Å². The maximum Gasteiger partial charge on any atom is 0.326 e. The summed E-state index contributed by atoms with van der Waals surface area (Å²) in [7, 11) is 0. The number of aliphatic hydroxyl groups is 1. The molecule has 1 rings (SSSR count). The van der Waals surface area contributed by atoms with Gasteiger partial charge in [0, 0.05) is 18.8 Å². The molecule has 0 aliphatic heterocycles. The Labute approximate surface area is 359 Å². The maximum atomic E-state index is 13.6. The van der Waals surface area contributed by atoms with Crippen LogP contribution in [0.5, 0.6) is 0 Å². The zero-order chi connectivity index (χ0) is 47.4. The number of aliphatic carboxylic acids is 3. The highest BCUT2D eigenvalue weighted by Crippen LogP contribution is 2.17. The van der Waals surface area contributed by atoms with E-state index in [1.807, 2.05) is 0 Å². The van der Waals surface area contributed by atoms with E-state index in [0.29, 0.717) is 5.56 Å². The fraction of sp³-hybridized carbons (Fsp3) is 0.600. The van der Waals surface area contributed by atoms with E-state index in [9.17, 15) is 63.3 Å². The Hall–Kier alpha value is -6.16. The summed E-state index contributed by atoms with van der Waals surface area (Å²) in [6.45, 7) is 9.39. The van der Waals surface area contributed by atoms with E-state index in [1.165, 1.54) is 13.8 Å². The predicted molar refractivity (Wildman–Crippen MR) is 220 cm³/mol. The van der Waals surface area contributed by atoms with Gasteiger partial charge in [-0.25, -0.2) is 4.79 Å². The molecule has 0 heterocycles. The lowest BCUT2D eigenvalue weighted by Crippen LogP contribution is -2.59. The van der Waals surface area contributed by atoms with Gasteiger partial charge in [-0.15, -0.1) is 0 Å². The third-order valence-electron chi connectivity index (χ3n) is 9.51. The second kappa shape index (κ2) is 26.2. The van der Waals surface area contributed by atoms with Crippen molar-refractivity contribution in [3.05, 3.63) is 35.9 Å². The molecule has 14 N–H and O–H groups in total. The van der Waals surface area contributed by atoms with Gasteiger partial charge in [0.1, 0.15) is 30.2 Å². The Morgan fingerprint density at radius 2 is 1.18 bits per heavy atom. The van der Waals surface area contributed by atoms with Gasteiger partial charge in [-0.05, 0) is 43.6 Å². The van der Waals surface area contributed by atoms with Crippen LogP contribution in [-0.4, -0.2) is 128 Å². The fourth-order valence-electron chi connectivity index (χ4n) is 6.06. The van der Waals surface area contributed by atoms with Crippen molar-refractivity contribution in [3.63, 3.8) is 0 Å². The number of hydrogen-bond acceptors (Lipinski definition) is 12. The van der Waals surface area contributed by atoms with E-state index < -0.39 is 145 Å². The number of nitrogens with two attached hydrogens (primary N) is 2. The van der Waals surface area contributed by atoms with Crippen LogP contribution in [0.25, 0.3) is 0 Å². The van der Waals surface area contributed by atoms with Gasteiger partial charge in [-0.1, -0.05) is 65.0 Å². The third-order valence-corrected chi connectivity index (χ3v) is 9.51. The molecule has 0 bridgehead atoms. The Morgan fingerprint density at radius 1 is 0.613 bits per heavy atom. The zero-order valence-corrected chi connectivity index (χ0v) is 35.7. The first-order valence-electron chi connectivity index (χ1n) is 20.1. The summed E-state index contributed by atoms with van der Waals surface area (Å²) in [6.07, 6.45) is -4.00. The Bertz CT molecular complexity index is 1740. The number of nitrogens with one attached hydrogen (secondary N) is 6. The van der Waals surface area contributed by atoms with Crippen LogP contribution in [0.4, 0.5) is 0 Å². The van der Waals surface area contributed by atoms with Gasteiger partial charge in [0.05, 0.1) is 31.0 Å². The number of hydrogen-bond donors (Lipinski definition) is 12. The molecule has 346 valence electrons. The number of aliphatic hydroxyl groups excluding tert-OH is 1. The standard InChI is InChI=1S/C40H62N8O14/c1-19(2)14-26(45-38(59)27(18-30(42)50)46-39(60)33(20(3)4)48-36(57)24(41)17-32(53)54)29(49)15-21(5)34(55)43-22(6)35(56)44-25(12-13-31(51)52)37(58)47-28(40(61)62)16-23-10-8-7-9-11-23/h7-11,19-22,24-29,33,49H,12-18,41H2,1-6H3,(H2,42,50)(H,43,55)(H,44,56)(H,45,59)(H,46,60)(H,47,58)(H,48,57)(H,51,52)(H,53,54)(H,61,62)/t21-,22+,24+,25+,26+,27+,28+,29+,33+/m1/s1. The highest BCUT2D eigenvalue weighted by atomic mass is 16.4. The largest absolute Gasteiger partial charge is 0.481 e. The number of carboxylic acid groups (broad SMARTS) is 3. The van der Waals surface area contributed by atoms with Gasteiger partial charge in [0.2, 0.25) is 41.4 Å². The van der Waals surface area contributed by atoms with Gasteiger partial charge < -0.3 is 63.8 Å². The van der Waals surface area contributed by atoms with E-state index in [0.717, 1.165) is 0 Å². The van der Waals surface area contributed by atoms with Crippen LogP contribution in [0.1, 0.15) is 85.6 Å². The molecule has 9 atom stereocenters. The van der Waals surface area contributed by atoms with Crippen molar-refractivity contribution in [1.82, 2.24) is 31.9 Å². The number of carboxylic acids is 3. The van der Waals surface area contributed by atoms with Crippen molar-refractivity contribution < 1.29 is 68.4 Å². The molecule has 1 aromatic carbocycles. The number of benzene rings is 1. The average molecular weight is 879 g/mol. The summed E-state index contributed by atoms with van der Waals surface area (Å²) < 4.78 is 0. The lowest BCUT2D eigenvalue weighted by Gasteiger charge is -2.30.